The first-order chi connectivity index (χ1) is 12.2. The molecule has 5 nitrogen and oxygen atoms in total. The van der Waals surface area contributed by atoms with Crippen molar-refractivity contribution in [2.24, 2.45) is 0 Å². The van der Waals surface area contributed by atoms with Crippen molar-refractivity contribution in [3.05, 3.63) is 59.4 Å². The fourth-order valence-electron chi connectivity index (χ4n) is 3.13. The van der Waals surface area contributed by atoms with Crippen LogP contribution in [0.15, 0.2) is 42.5 Å². The van der Waals surface area contributed by atoms with E-state index in [1.165, 1.54) is 5.56 Å². The van der Waals surface area contributed by atoms with E-state index in [-0.39, 0.29) is 5.91 Å². The van der Waals surface area contributed by atoms with Crippen LogP contribution in [0.4, 0.5) is 0 Å². The molecule has 2 heterocycles. The Bertz CT molecular complexity index is 727. The predicted octanol–water partition coefficient (Wildman–Crippen LogP) is 2.68. The van der Waals surface area contributed by atoms with Crippen molar-refractivity contribution in [2.45, 2.75) is 20.4 Å². The molecule has 0 spiro atoms. The number of piperazine rings is 1. The van der Waals surface area contributed by atoms with Crippen LogP contribution in [0.3, 0.4) is 0 Å². The van der Waals surface area contributed by atoms with E-state index in [0.717, 1.165) is 45.0 Å². The molecule has 1 amide bonds. The molecule has 25 heavy (non-hydrogen) atoms. The van der Waals surface area contributed by atoms with Gasteiger partial charge in [0, 0.05) is 45.0 Å². The fraction of sp³-hybridized carbons (Fsp3) is 0.400. The molecule has 0 aliphatic carbocycles. The van der Waals surface area contributed by atoms with E-state index in [1.807, 2.05) is 47.7 Å². The summed E-state index contributed by atoms with van der Waals surface area (Å²) in [5.74, 6) is 0.0507. The lowest BCUT2D eigenvalue weighted by Gasteiger charge is -2.33. The van der Waals surface area contributed by atoms with E-state index in [9.17, 15) is 4.79 Å². The van der Waals surface area contributed by atoms with Gasteiger partial charge in [-0.05, 0) is 25.5 Å². The number of carbonyl (C=O) groups excluding carboxylic acids is 1. The van der Waals surface area contributed by atoms with E-state index in [0.29, 0.717) is 5.69 Å². The van der Waals surface area contributed by atoms with Crippen molar-refractivity contribution in [1.82, 2.24) is 19.6 Å². The molecule has 0 atom stereocenters. The zero-order valence-corrected chi connectivity index (χ0v) is 15.1. The maximum Gasteiger partial charge on any atom is 0.274 e. The minimum absolute atomic E-state index is 0.0507. The molecule has 1 saturated heterocycles. The number of hydrogen-bond acceptors (Lipinski definition) is 3. The first-order valence-corrected chi connectivity index (χ1v) is 8.95. The van der Waals surface area contributed by atoms with E-state index in [4.69, 9.17) is 0 Å². The smallest absolute Gasteiger partial charge is 0.274 e. The van der Waals surface area contributed by atoms with E-state index >= 15 is 0 Å². The Kier molecular flexibility index (Phi) is 5.66. The summed E-state index contributed by atoms with van der Waals surface area (Å²) >= 11 is 0. The highest BCUT2D eigenvalue weighted by atomic mass is 16.2. The number of aryl methyl sites for hydroxylation is 2. The summed E-state index contributed by atoms with van der Waals surface area (Å²) in [4.78, 5) is 16.9. The van der Waals surface area contributed by atoms with Gasteiger partial charge >= 0.3 is 0 Å². The highest BCUT2D eigenvalue weighted by Crippen LogP contribution is 2.10. The van der Waals surface area contributed by atoms with Gasteiger partial charge in [0.05, 0.1) is 0 Å². The molecule has 132 valence electrons. The third kappa shape index (κ3) is 4.37. The Hall–Kier alpha value is -2.40. The second kappa shape index (κ2) is 8.12. The number of rotatable bonds is 5. The molecule has 2 aromatic rings. The highest BCUT2D eigenvalue weighted by Gasteiger charge is 2.23. The van der Waals surface area contributed by atoms with Crippen LogP contribution in [0.25, 0.3) is 6.08 Å². The molecular weight excluding hydrogens is 312 g/mol. The van der Waals surface area contributed by atoms with Crippen molar-refractivity contribution in [2.75, 3.05) is 32.7 Å². The van der Waals surface area contributed by atoms with Crippen LogP contribution < -0.4 is 0 Å². The average Bonchev–Trinajstić information content (AvgIpc) is 3.03. The van der Waals surface area contributed by atoms with Crippen molar-refractivity contribution in [3.8, 4) is 0 Å². The third-order valence-corrected chi connectivity index (χ3v) is 4.63. The number of aromatic nitrogens is 2. The Morgan fingerprint density at radius 3 is 2.52 bits per heavy atom. The minimum atomic E-state index is 0.0507. The molecule has 5 heteroatoms. The van der Waals surface area contributed by atoms with Gasteiger partial charge < -0.3 is 4.90 Å². The summed E-state index contributed by atoms with van der Waals surface area (Å²) in [5.41, 5.74) is 2.82. The zero-order chi connectivity index (χ0) is 17.6. The molecule has 3 rings (SSSR count). The highest BCUT2D eigenvalue weighted by molar-refractivity contribution is 5.92. The minimum Gasteiger partial charge on any atom is -0.335 e. The Labute approximate surface area is 149 Å². The molecular formula is C20H26N4O. The number of nitrogens with zero attached hydrogens (tertiary/aromatic N) is 4. The average molecular weight is 338 g/mol. The van der Waals surface area contributed by atoms with Gasteiger partial charge in [0.2, 0.25) is 0 Å². The van der Waals surface area contributed by atoms with Gasteiger partial charge in [-0.1, -0.05) is 42.5 Å². The second-order valence-corrected chi connectivity index (χ2v) is 6.39. The topological polar surface area (TPSA) is 41.4 Å². The van der Waals surface area contributed by atoms with Gasteiger partial charge in [-0.3, -0.25) is 14.4 Å². The Morgan fingerprint density at radius 2 is 1.88 bits per heavy atom. The van der Waals surface area contributed by atoms with Crippen LogP contribution in [-0.4, -0.2) is 58.2 Å². The van der Waals surface area contributed by atoms with Crippen molar-refractivity contribution >= 4 is 12.0 Å². The lowest BCUT2D eigenvalue weighted by molar-refractivity contribution is 0.0643. The zero-order valence-electron chi connectivity index (χ0n) is 15.1. The normalized spacial score (nSPS) is 15.8. The summed E-state index contributed by atoms with van der Waals surface area (Å²) in [7, 11) is 0. The molecule has 0 unspecified atom stereocenters. The second-order valence-electron chi connectivity index (χ2n) is 6.39. The molecule has 0 N–H and O–H groups in total. The summed E-state index contributed by atoms with van der Waals surface area (Å²) < 4.78 is 1.87. The van der Waals surface area contributed by atoms with Crippen LogP contribution in [0.1, 0.15) is 28.7 Å². The van der Waals surface area contributed by atoms with Crippen molar-refractivity contribution in [1.29, 1.82) is 0 Å². The maximum absolute atomic E-state index is 12.6. The molecule has 0 bridgehead atoms. The summed E-state index contributed by atoms with van der Waals surface area (Å²) in [6.07, 6.45) is 4.34. The van der Waals surface area contributed by atoms with E-state index in [1.54, 1.807) is 0 Å². The number of benzene rings is 1. The van der Waals surface area contributed by atoms with Crippen LogP contribution >= 0.6 is 0 Å². The Morgan fingerprint density at radius 1 is 1.16 bits per heavy atom. The van der Waals surface area contributed by atoms with Gasteiger partial charge in [0.25, 0.3) is 5.91 Å². The van der Waals surface area contributed by atoms with Gasteiger partial charge in [0.15, 0.2) is 5.69 Å². The molecule has 1 aliphatic heterocycles. The molecule has 1 aromatic heterocycles. The third-order valence-electron chi connectivity index (χ3n) is 4.63. The summed E-state index contributed by atoms with van der Waals surface area (Å²) in [6.45, 7) is 9.06. The largest absolute Gasteiger partial charge is 0.335 e. The van der Waals surface area contributed by atoms with Crippen LogP contribution in [0.2, 0.25) is 0 Å². The van der Waals surface area contributed by atoms with E-state index < -0.39 is 0 Å². The SMILES string of the molecule is CCn1nc(C(=O)N2CCN(C/C=C/c3ccccc3)CC2)cc1C. The first kappa shape index (κ1) is 17.4. The maximum atomic E-state index is 12.6. The lowest BCUT2D eigenvalue weighted by Crippen LogP contribution is -2.48. The molecule has 0 saturated carbocycles. The Balaban J connectivity index is 1.49. The van der Waals surface area contributed by atoms with Crippen LogP contribution in [-0.2, 0) is 6.54 Å². The standard InChI is InChI=1S/C20H26N4O/c1-3-24-17(2)16-19(21-24)20(25)23-14-12-22(13-15-23)11-7-10-18-8-5-4-6-9-18/h4-10,16H,3,11-15H2,1-2H3/b10-7+. The predicted molar refractivity (Wildman–Crippen MR) is 100 cm³/mol. The van der Waals surface area contributed by atoms with Gasteiger partial charge in [-0.2, -0.15) is 5.10 Å². The van der Waals surface area contributed by atoms with Gasteiger partial charge in [-0.15, -0.1) is 0 Å². The van der Waals surface area contributed by atoms with E-state index in [2.05, 4.69) is 34.3 Å². The van der Waals surface area contributed by atoms with Gasteiger partial charge in [-0.25, -0.2) is 0 Å². The molecule has 1 fully saturated rings. The van der Waals surface area contributed by atoms with Crippen LogP contribution in [0, 0.1) is 6.92 Å². The summed E-state index contributed by atoms with van der Waals surface area (Å²) in [5, 5.41) is 4.41. The van der Waals surface area contributed by atoms with Crippen molar-refractivity contribution < 1.29 is 4.79 Å². The van der Waals surface area contributed by atoms with Gasteiger partial charge in [0.1, 0.15) is 0 Å². The van der Waals surface area contributed by atoms with Crippen LogP contribution in [0.5, 0.6) is 0 Å². The number of carbonyl (C=O) groups is 1. The first-order valence-electron chi connectivity index (χ1n) is 8.95. The van der Waals surface area contributed by atoms with Crippen molar-refractivity contribution in [3.63, 3.8) is 0 Å². The fourth-order valence-corrected chi connectivity index (χ4v) is 3.13. The molecule has 1 aromatic carbocycles. The quantitative estimate of drug-likeness (QED) is 0.842. The monoisotopic (exact) mass is 338 g/mol. The molecule has 1 aliphatic rings. The number of hydrogen-bond donors (Lipinski definition) is 0. The lowest BCUT2D eigenvalue weighted by atomic mass is 10.2. The number of amides is 1. The molecule has 0 radical (unpaired) electrons. The summed E-state index contributed by atoms with van der Waals surface area (Å²) in [6, 6.07) is 12.2.